The Hall–Kier alpha value is -3.10. The molecule has 0 atom stereocenters. The minimum atomic E-state index is 0.0529. The maximum atomic E-state index is 9.60. The molecule has 5 nitrogen and oxygen atoms in total. The lowest BCUT2D eigenvalue weighted by Crippen LogP contribution is -2.59. The fraction of sp³-hybridized carbons (Fsp3) is 0.467. The van der Waals surface area contributed by atoms with E-state index in [9.17, 15) is 5.26 Å². The monoisotopic (exact) mass is 473 g/mol. The molecular formula is C30H43N5. The fourth-order valence-corrected chi connectivity index (χ4v) is 5.01. The first-order valence-electron chi connectivity index (χ1n) is 12.3. The minimum absolute atomic E-state index is 0.0529. The second-order valence-electron chi connectivity index (χ2n) is 11.2. The Kier molecular flexibility index (Phi) is 8.92. The van der Waals surface area contributed by atoms with Crippen molar-refractivity contribution in [2.75, 3.05) is 0 Å². The topological polar surface area (TPSA) is 63.5 Å². The summed E-state index contributed by atoms with van der Waals surface area (Å²) in [4.78, 5) is 6.94. The maximum absolute atomic E-state index is 9.60. The molecule has 0 amide bonds. The van der Waals surface area contributed by atoms with Crippen molar-refractivity contribution in [2.45, 2.75) is 92.3 Å². The van der Waals surface area contributed by atoms with E-state index in [1.165, 1.54) is 0 Å². The Labute approximate surface area is 213 Å². The Morgan fingerprint density at radius 3 is 2.29 bits per heavy atom. The highest BCUT2D eigenvalue weighted by molar-refractivity contribution is 5.82. The number of nitrogens with one attached hydrogen (secondary N) is 2. The Balaban J connectivity index is 2.31. The van der Waals surface area contributed by atoms with Gasteiger partial charge in [0.1, 0.15) is 6.07 Å². The summed E-state index contributed by atoms with van der Waals surface area (Å²) in [5.41, 5.74) is 6.47. The van der Waals surface area contributed by atoms with Crippen molar-refractivity contribution in [3.63, 3.8) is 0 Å². The standard InChI is InChI=1S/C30H43N5/c1-12-28(33-24(7)32-27-15-29(8,9)34-30(10,11)16-27)22(5)13-21(4)26-14-25(17-31)23(6)35(19-26)18-20(2)3/h12-14,18-19,27,34H,1,6,15-16H2,2-5,7-11H3,(H,32,33)/b21-13+,28-22+. The molecule has 188 valence electrons. The Morgan fingerprint density at radius 2 is 1.77 bits per heavy atom. The van der Waals surface area contributed by atoms with Crippen LogP contribution in [0, 0.1) is 11.3 Å². The van der Waals surface area contributed by atoms with Crippen LogP contribution in [-0.2, 0) is 0 Å². The zero-order valence-corrected chi connectivity index (χ0v) is 23.1. The largest absolute Gasteiger partial charge is 0.344 e. The zero-order chi connectivity index (χ0) is 26.6. The molecule has 0 spiro atoms. The van der Waals surface area contributed by atoms with Gasteiger partial charge in [0.2, 0.25) is 0 Å². The quantitative estimate of drug-likeness (QED) is 0.253. The summed E-state index contributed by atoms with van der Waals surface area (Å²) in [7, 11) is 0. The number of aliphatic imine (C=N–C) groups is 1. The van der Waals surface area contributed by atoms with E-state index in [2.05, 4.69) is 77.5 Å². The van der Waals surface area contributed by atoms with Crippen LogP contribution in [0.5, 0.6) is 0 Å². The summed E-state index contributed by atoms with van der Waals surface area (Å²) in [6, 6.07) is 2.53. The van der Waals surface area contributed by atoms with E-state index in [4.69, 9.17) is 4.99 Å². The number of nitrogens with zero attached hydrogens (tertiary/aromatic N) is 3. The van der Waals surface area contributed by atoms with Gasteiger partial charge in [-0.05, 0) is 104 Å². The highest BCUT2D eigenvalue weighted by atomic mass is 15.1. The van der Waals surface area contributed by atoms with Gasteiger partial charge < -0.3 is 15.5 Å². The minimum Gasteiger partial charge on any atom is -0.344 e. The lowest BCUT2D eigenvalue weighted by atomic mass is 9.80. The van der Waals surface area contributed by atoms with Crippen molar-refractivity contribution < 1.29 is 0 Å². The molecule has 2 N–H and O–H groups in total. The highest BCUT2D eigenvalue weighted by Crippen LogP contribution is 2.31. The van der Waals surface area contributed by atoms with Crippen LogP contribution in [0.4, 0.5) is 0 Å². The van der Waals surface area contributed by atoms with Gasteiger partial charge in [-0.2, -0.15) is 5.26 Å². The second kappa shape index (κ2) is 11.1. The van der Waals surface area contributed by atoms with Crippen LogP contribution in [0.2, 0.25) is 0 Å². The van der Waals surface area contributed by atoms with Gasteiger partial charge in [-0.15, -0.1) is 0 Å². The molecule has 0 aromatic rings. The van der Waals surface area contributed by atoms with Crippen LogP contribution >= 0.6 is 0 Å². The smallest absolute Gasteiger partial charge is 0.101 e. The summed E-state index contributed by atoms with van der Waals surface area (Å²) in [6.45, 7) is 27.2. The van der Waals surface area contributed by atoms with Gasteiger partial charge in [0.15, 0.2) is 0 Å². The van der Waals surface area contributed by atoms with Gasteiger partial charge in [-0.3, -0.25) is 4.99 Å². The van der Waals surface area contributed by atoms with Crippen molar-refractivity contribution in [1.82, 2.24) is 15.5 Å². The average molecular weight is 474 g/mol. The first kappa shape index (κ1) is 28.1. The highest BCUT2D eigenvalue weighted by Gasteiger charge is 2.37. The maximum Gasteiger partial charge on any atom is 0.101 e. The van der Waals surface area contributed by atoms with E-state index in [1.54, 1.807) is 0 Å². The van der Waals surface area contributed by atoms with Crippen LogP contribution in [0.25, 0.3) is 0 Å². The molecule has 0 aliphatic carbocycles. The van der Waals surface area contributed by atoms with Crippen molar-refractivity contribution in [3.8, 4) is 6.07 Å². The molecule has 35 heavy (non-hydrogen) atoms. The fourth-order valence-electron chi connectivity index (χ4n) is 5.01. The van der Waals surface area contributed by atoms with Gasteiger partial charge in [-0.25, -0.2) is 0 Å². The number of hydrogen-bond donors (Lipinski definition) is 2. The molecule has 2 rings (SSSR count). The first-order valence-corrected chi connectivity index (χ1v) is 12.3. The summed E-state index contributed by atoms with van der Waals surface area (Å²) in [5, 5.41) is 16.8. The molecular weight excluding hydrogens is 430 g/mol. The predicted molar refractivity (Wildman–Crippen MR) is 149 cm³/mol. The van der Waals surface area contributed by atoms with E-state index < -0.39 is 0 Å². The van der Waals surface area contributed by atoms with E-state index >= 15 is 0 Å². The van der Waals surface area contributed by atoms with E-state index in [0.717, 1.165) is 46.7 Å². The number of allylic oxidation sites excluding steroid dienone is 8. The molecule has 0 bridgehead atoms. The predicted octanol–water partition coefficient (Wildman–Crippen LogP) is 6.80. The first-order chi connectivity index (χ1) is 16.2. The second-order valence-corrected chi connectivity index (χ2v) is 11.2. The molecule has 5 heteroatoms. The third kappa shape index (κ3) is 7.97. The van der Waals surface area contributed by atoms with Gasteiger partial charge >= 0.3 is 0 Å². The van der Waals surface area contributed by atoms with Crippen molar-refractivity contribution in [1.29, 1.82) is 5.26 Å². The lowest BCUT2D eigenvalue weighted by Gasteiger charge is -2.45. The van der Waals surface area contributed by atoms with E-state index in [1.807, 2.05) is 50.2 Å². The normalized spacial score (nSPS) is 21.4. The molecule has 0 aromatic carbocycles. The molecule has 1 saturated heterocycles. The lowest BCUT2D eigenvalue weighted by molar-refractivity contribution is 0.164. The van der Waals surface area contributed by atoms with Gasteiger partial charge in [0, 0.05) is 29.2 Å². The molecule has 0 saturated carbocycles. The van der Waals surface area contributed by atoms with Gasteiger partial charge in [0.25, 0.3) is 0 Å². The van der Waals surface area contributed by atoms with Crippen molar-refractivity contribution in [2.24, 2.45) is 4.99 Å². The van der Waals surface area contributed by atoms with Crippen LogP contribution in [-0.4, -0.2) is 27.9 Å². The summed E-state index contributed by atoms with van der Waals surface area (Å²) in [6.07, 6.45) is 11.8. The number of piperidine rings is 1. The third-order valence-corrected chi connectivity index (χ3v) is 6.10. The SMILES string of the molecule is C=C/C(NC(C)=NC1CC(C)(C)NC(C)(C)C1)=C(C)\C=C(/C)C1=CN(C=C(C)C)C(=C)C(C#N)=C1. The molecule has 0 radical (unpaired) electrons. The number of hydrogen-bond acceptors (Lipinski definition) is 4. The van der Waals surface area contributed by atoms with E-state index in [0.29, 0.717) is 11.3 Å². The number of nitriles is 1. The number of rotatable bonds is 6. The Bertz CT molecular complexity index is 1080. The molecule has 0 aromatic heterocycles. The zero-order valence-electron chi connectivity index (χ0n) is 23.1. The summed E-state index contributed by atoms with van der Waals surface area (Å²) in [5.74, 6) is 0.887. The van der Waals surface area contributed by atoms with Crippen LogP contribution < -0.4 is 10.6 Å². The average Bonchev–Trinajstić information content (AvgIpc) is 2.70. The van der Waals surface area contributed by atoms with Crippen LogP contribution in [0.3, 0.4) is 0 Å². The van der Waals surface area contributed by atoms with Crippen LogP contribution in [0.15, 0.2) is 88.0 Å². The summed E-state index contributed by atoms with van der Waals surface area (Å²) < 4.78 is 0. The third-order valence-electron chi connectivity index (χ3n) is 6.10. The number of amidine groups is 1. The van der Waals surface area contributed by atoms with Crippen LogP contribution in [0.1, 0.15) is 75.2 Å². The van der Waals surface area contributed by atoms with Crippen molar-refractivity contribution >= 4 is 5.84 Å². The van der Waals surface area contributed by atoms with Crippen molar-refractivity contribution in [3.05, 3.63) is 83.0 Å². The van der Waals surface area contributed by atoms with Gasteiger partial charge in [0.05, 0.1) is 23.1 Å². The molecule has 2 aliphatic heterocycles. The summed E-state index contributed by atoms with van der Waals surface area (Å²) >= 11 is 0. The molecule has 2 aliphatic rings. The molecule has 1 fully saturated rings. The molecule has 2 heterocycles. The Morgan fingerprint density at radius 1 is 1.17 bits per heavy atom. The van der Waals surface area contributed by atoms with E-state index in [-0.39, 0.29) is 17.1 Å². The molecule has 0 unspecified atom stereocenters. The van der Waals surface area contributed by atoms with Gasteiger partial charge in [-0.1, -0.05) is 24.8 Å².